The van der Waals surface area contributed by atoms with E-state index in [0.29, 0.717) is 6.04 Å². The van der Waals surface area contributed by atoms with E-state index < -0.39 is 0 Å². The molecule has 0 aromatic heterocycles. The second-order valence-corrected chi connectivity index (χ2v) is 7.73. The fourth-order valence-electron chi connectivity index (χ4n) is 3.26. The minimum absolute atomic E-state index is 0.284. The summed E-state index contributed by atoms with van der Waals surface area (Å²) in [5.74, 6) is 0. The van der Waals surface area contributed by atoms with Crippen molar-refractivity contribution in [3.05, 3.63) is 0 Å². The first-order valence-corrected chi connectivity index (χ1v) is 11.4. The van der Waals surface area contributed by atoms with Gasteiger partial charge in [0.05, 0.1) is 0 Å². The van der Waals surface area contributed by atoms with Crippen LogP contribution >= 0.6 is 0 Å². The smallest absolute Gasteiger partial charge is 0.0443 e. The number of hydrogen-bond donors (Lipinski definition) is 3. The van der Waals surface area contributed by atoms with Crippen molar-refractivity contribution in [2.45, 2.75) is 116 Å². The molecular formula is C22H48N2O. The molecular weight excluding hydrogens is 308 g/mol. The first-order valence-electron chi connectivity index (χ1n) is 11.4. The van der Waals surface area contributed by atoms with Crippen molar-refractivity contribution in [1.82, 2.24) is 10.6 Å². The van der Waals surface area contributed by atoms with Crippen molar-refractivity contribution in [1.29, 1.82) is 0 Å². The zero-order valence-electron chi connectivity index (χ0n) is 17.5. The van der Waals surface area contributed by atoms with Gasteiger partial charge in [-0.3, -0.25) is 0 Å². The molecule has 3 N–H and O–H groups in total. The van der Waals surface area contributed by atoms with Gasteiger partial charge in [0.1, 0.15) is 0 Å². The first kappa shape index (κ1) is 24.9. The molecule has 0 rings (SSSR count). The van der Waals surface area contributed by atoms with Gasteiger partial charge in [-0.2, -0.15) is 0 Å². The summed E-state index contributed by atoms with van der Waals surface area (Å²) in [4.78, 5) is 0. The molecule has 3 nitrogen and oxygen atoms in total. The van der Waals surface area contributed by atoms with Gasteiger partial charge in [-0.1, -0.05) is 90.4 Å². The lowest BCUT2D eigenvalue weighted by Crippen LogP contribution is -2.37. The summed E-state index contributed by atoms with van der Waals surface area (Å²) < 4.78 is 0. The highest BCUT2D eigenvalue weighted by atomic mass is 16.3. The molecule has 0 bridgehead atoms. The van der Waals surface area contributed by atoms with Crippen LogP contribution in [0, 0.1) is 0 Å². The molecule has 0 saturated carbocycles. The molecule has 0 amide bonds. The van der Waals surface area contributed by atoms with E-state index in [1.807, 2.05) is 0 Å². The molecule has 0 aliphatic carbocycles. The van der Waals surface area contributed by atoms with E-state index in [4.69, 9.17) is 5.11 Å². The Labute approximate surface area is 158 Å². The van der Waals surface area contributed by atoms with E-state index in [1.165, 1.54) is 89.9 Å². The van der Waals surface area contributed by atoms with E-state index in [-0.39, 0.29) is 6.61 Å². The van der Waals surface area contributed by atoms with Crippen LogP contribution in [-0.2, 0) is 0 Å². The quantitative estimate of drug-likeness (QED) is 0.241. The Kier molecular flexibility index (Phi) is 21.8. The third-order valence-corrected chi connectivity index (χ3v) is 4.99. The summed E-state index contributed by atoms with van der Waals surface area (Å²) in [5.41, 5.74) is 0. The molecule has 0 heterocycles. The van der Waals surface area contributed by atoms with Gasteiger partial charge in [0, 0.05) is 19.2 Å². The molecule has 0 saturated heterocycles. The lowest BCUT2D eigenvalue weighted by Gasteiger charge is -2.14. The van der Waals surface area contributed by atoms with Gasteiger partial charge >= 0.3 is 0 Å². The highest BCUT2D eigenvalue weighted by Gasteiger charge is 1.99. The molecule has 0 aliphatic heterocycles. The van der Waals surface area contributed by atoms with Crippen molar-refractivity contribution >= 4 is 0 Å². The molecule has 0 radical (unpaired) electrons. The van der Waals surface area contributed by atoms with Crippen molar-refractivity contribution in [2.24, 2.45) is 0 Å². The second-order valence-electron chi connectivity index (χ2n) is 7.73. The zero-order valence-corrected chi connectivity index (χ0v) is 17.5. The molecule has 0 aromatic carbocycles. The SMILES string of the molecule is CCCCCCCCCCCCCCCCNCC(C)NCCCO. The summed E-state index contributed by atoms with van der Waals surface area (Å²) in [5, 5.41) is 15.7. The predicted octanol–water partition coefficient (Wildman–Crippen LogP) is 5.42. The standard InChI is InChI=1S/C22H48N2O/c1-3-4-5-6-7-8-9-10-11-12-13-14-15-16-18-23-21-22(2)24-19-17-20-25/h22-25H,3-21H2,1-2H3. The third kappa shape index (κ3) is 21.8. The van der Waals surface area contributed by atoms with Crippen molar-refractivity contribution in [3.8, 4) is 0 Å². The van der Waals surface area contributed by atoms with Crippen molar-refractivity contribution in [2.75, 3.05) is 26.2 Å². The average Bonchev–Trinajstić information content (AvgIpc) is 2.61. The predicted molar refractivity (Wildman–Crippen MR) is 112 cm³/mol. The molecule has 0 spiro atoms. The fourth-order valence-corrected chi connectivity index (χ4v) is 3.26. The third-order valence-electron chi connectivity index (χ3n) is 4.99. The number of unbranched alkanes of at least 4 members (excludes halogenated alkanes) is 13. The van der Waals surface area contributed by atoms with Crippen LogP contribution in [0.25, 0.3) is 0 Å². The van der Waals surface area contributed by atoms with Gasteiger partial charge in [0.25, 0.3) is 0 Å². The Morgan fingerprint density at radius 3 is 1.60 bits per heavy atom. The Balaban J connectivity index is 3.05. The summed E-state index contributed by atoms with van der Waals surface area (Å²) in [6, 6.07) is 0.498. The average molecular weight is 357 g/mol. The number of aliphatic hydroxyl groups is 1. The van der Waals surface area contributed by atoms with Crippen LogP contribution in [0.3, 0.4) is 0 Å². The monoisotopic (exact) mass is 356 g/mol. The van der Waals surface area contributed by atoms with E-state index in [0.717, 1.165) is 26.1 Å². The summed E-state index contributed by atoms with van der Waals surface area (Å²) in [6.07, 6.45) is 20.8. The Morgan fingerprint density at radius 2 is 1.12 bits per heavy atom. The maximum absolute atomic E-state index is 8.75. The van der Waals surface area contributed by atoms with Crippen molar-refractivity contribution < 1.29 is 5.11 Å². The molecule has 0 aromatic rings. The molecule has 1 unspecified atom stereocenters. The molecule has 3 heteroatoms. The number of rotatable bonds is 21. The highest BCUT2D eigenvalue weighted by Crippen LogP contribution is 2.12. The van der Waals surface area contributed by atoms with E-state index in [2.05, 4.69) is 24.5 Å². The number of nitrogens with one attached hydrogen (secondary N) is 2. The van der Waals surface area contributed by atoms with Crippen LogP contribution in [0.4, 0.5) is 0 Å². The molecule has 1 atom stereocenters. The van der Waals surface area contributed by atoms with Gasteiger partial charge in [0.2, 0.25) is 0 Å². The summed E-state index contributed by atoms with van der Waals surface area (Å²) in [7, 11) is 0. The van der Waals surface area contributed by atoms with E-state index in [9.17, 15) is 0 Å². The topological polar surface area (TPSA) is 44.3 Å². The maximum Gasteiger partial charge on any atom is 0.0443 e. The van der Waals surface area contributed by atoms with E-state index >= 15 is 0 Å². The van der Waals surface area contributed by atoms with Crippen molar-refractivity contribution in [3.63, 3.8) is 0 Å². The molecule has 0 fully saturated rings. The van der Waals surface area contributed by atoms with Gasteiger partial charge in [0.15, 0.2) is 0 Å². The largest absolute Gasteiger partial charge is 0.396 e. The number of hydrogen-bond acceptors (Lipinski definition) is 3. The van der Waals surface area contributed by atoms with Crippen LogP contribution in [0.2, 0.25) is 0 Å². The highest BCUT2D eigenvalue weighted by molar-refractivity contribution is 4.63. The fraction of sp³-hybridized carbons (Fsp3) is 1.00. The van der Waals surface area contributed by atoms with E-state index in [1.54, 1.807) is 0 Å². The molecule has 25 heavy (non-hydrogen) atoms. The lowest BCUT2D eigenvalue weighted by atomic mass is 10.0. The van der Waals surface area contributed by atoms with Crippen LogP contribution in [0.5, 0.6) is 0 Å². The van der Waals surface area contributed by atoms with Gasteiger partial charge in [-0.05, 0) is 32.9 Å². The molecule has 0 aliphatic rings. The minimum atomic E-state index is 0.284. The normalized spacial score (nSPS) is 12.6. The van der Waals surface area contributed by atoms with Crippen LogP contribution in [0.15, 0.2) is 0 Å². The second kappa shape index (κ2) is 21.9. The molecule has 152 valence electrons. The van der Waals surface area contributed by atoms with Crippen LogP contribution < -0.4 is 10.6 Å². The van der Waals surface area contributed by atoms with Gasteiger partial charge in [-0.25, -0.2) is 0 Å². The first-order chi connectivity index (χ1) is 12.3. The van der Waals surface area contributed by atoms with Crippen LogP contribution in [0.1, 0.15) is 110 Å². The van der Waals surface area contributed by atoms with Gasteiger partial charge in [-0.15, -0.1) is 0 Å². The Hall–Kier alpha value is -0.120. The maximum atomic E-state index is 8.75. The Bertz CT molecular complexity index is 236. The zero-order chi connectivity index (χ0) is 18.4. The summed E-state index contributed by atoms with van der Waals surface area (Å²) in [6.45, 7) is 7.87. The Morgan fingerprint density at radius 1 is 0.640 bits per heavy atom. The summed E-state index contributed by atoms with van der Waals surface area (Å²) >= 11 is 0. The van der Waals surface area contributed by atoms with Gasteiger partial charge < -0.3 is 15.7 Å². The minimum Gasteiger partial charge on any atom is -0.396 e. The van der Waals surface area contributed by atoms with Crippen LogP contribution in [-0.4, -0.2) is 37.4 Å². The lowest BCUT2D eigenvalue weighted by molar-refractivity contribution is 0.283. The number of aliphatic hydroxyl groups excluding tert-OH is 1.